The second-order valence-electron chi connectivity index (χ2n) is 4.58. The monoisotopic (exact) mass is 288 g/mol. The number of fused-ring (bicyclic) bond motifs is 1. The normalized spacial score (nSPS) is 13.0. The average Bonchev–Trinajstić information content (AvgIpc) is 2.99. The fourth-order valence-electron chi connectivity index (χ4n) is 2.24. The van der Waals surface area contributed by atoms with Crippen LogP contribution in [0.25, 0.3) is 0 Å². The Morgan fingerprint density at radius 3 is 2.90 bits per heavy atom. The Hall–Kier alpha value is -2.21. The maximum absolute atomic E-state index is 12.1. The van der Waals surface area contributed by atoms with E-state index in [1.165, 1.54) is 27.8 Å². The Bertz CT molecular complexity index is 672. The number of nitrogens with zero attached hydrogens (tertiary/aromatic N) is 1. The Labute approximate surface area is 119 Å². The van der Waals surface area contributed by atoms with Crippen molar-refractivity contribution in [3.05, 3.63) is 45.3 Å². The summed E-state index contributed by atoms with van der Waals surface area (Å²) in [4.78, 5) is 28.7. The smallest absolute Gasteiger partial charge is 0.354 e. The number of pyridine rings is 1. The molecule has 0 saturated heterocycles. The van der Waals surface area contributed by atoms with Crippen molar-refractivity contribution in [2.75, 3.05) is 5.32 Å². The van der Waals surface area contributed by atoms with Gasteiger partial charge in [-0.2, -0.15) is 0 Å². The van der Waals surface area contributed by atoms with Crippen molar-refractivity contribution in [1.29, 1.82) is 0 Å². The molecule has 0 atom stereocenters. The Balaban J connectivity index is 1.78. The number of carbonyl (C=O) groups excluding carboxylic acids is 1. The summed E-state index contributed by atoms with van der Waals surface area (Å²) in [7, 11) is 0. The maximum Gasteiger partial charge on any atom is 0.354 e. The highest BCUT2D eigenvalue weighted by Crippen LogP contribution is 2.30. The summed E-state index contributed by atoms with van der Waals surface area (Å²) in [6.45, 7) is 0. The molecule has 3 rings (SSSR count). The van der Waals surface area contributed by atoms with Gasteiger partial charge in [-0.1, -0.05) is 6.07 Å². The van der Waals surface area contributed by atoms with Crippen molar-refractivity contribution in [2.24, 2.45) is 0 Å². The van der Waals surface area contributed by atoms with Crippen molar-refractivity contribution in [3.8, 4) is 0 Å². The predicted molar refractivity (Wildman–Crippen MR) is 75.5 cm³/mol. The molecule has 0 aromatic carbocycles. The van der Waals surface area contributed by atoms with Gasteiger partial charge in [-0.25, -0.2) is 9.78 Å². The molecule has 1 amide bonds. The molecule has 20 heavy (non-hydrogen) atoms. The molecule has 102 valence electrons. The zero-order valence-corrected chi connectivity index (χ0v) is 11.4. The highest BCUT2D eigenvalue weighted by atomic mass is 32.1. The van der Waals surface area contributed by atoms with Crippen LogP contribution in [0.4, 0.5) is 5.82 Å². The van der Waals surface area contributed by atoms with Crippen LogP contribution in [0.15, 0.2) is 24.3 Å². The lowest BCUT2D eigenvalue weighted by Gasteiger charge is -2.03. The third-order valence-electron chi connectivity index (χ3n) is 3.18. The molecule has 2 aromatic heterocycles. The zero-order valence-electron chi connectivity index (χ0n) is 10.5. The van der Waals surface area contributed by atoms with E-state index in [1.54, 1.807) is 12.1 Å². The molecule has 1 aliphatic rings. The molecule has 1 aliphatic carbocycles. The van der Waals surface area contributed by atoms with E-state index in [0.29, 0.717) is 4.88 Å². The van der Waals surface area contributed by atoms with E-state index < -0.39 is 5.97 Å². The van der Waals surface area contributed by atoms with Crippen LogP contribution < -0.4 is 5.32 Å². The molecule has 0 fully saturated rings. The molecule has 2 N–H and O–H groups in total. The number of carbonyl (C=O) groups is 2. The van der Waals surface area contributed by atoms with Gasteiger partial charge in [-0.05, 0) is 43.0 Å². The number of anilines is 1. The second-order valence-corrected chi connectivity index (χ2v) is 5.72. The molecule has 0 spiro atoms. The van der Waals surface area contributed by atoms with Gasteiger partial charge < -0.3 is 10.4 Å². The Kier molecular flexibility index (Phi) is 3.23. The number of aryl methyl sites for hydroxylation is 2. The number of thiophene rings is 1. The summed E-state index contributed by atoms with van der Waals surface area (Å²) in [6, 6.07) is 6.44. The first-order valence-electron chi connectivity index (χ1n) is 6.27. The quantitative estimate of drug-likeness (QED) is 0.909. The van der Waals surface area contributed by atoms with Gasteiger partial charge in [0, 0.05) is 4.88 Å². The van der Waals surface area contributed by atoms with Crippen molar-refractivity contribution < 1.29 is 14.7 Å². The molecule has 0 radical (unpaired) electrons. The van der Waals surface area contributed by atoms with Crippen LogP contribution in [0.1, 0.15) is 37.0 Å². The minimum atomic E-state index is -1.11. The molecule has 0 bridgehead atoms. The van der Waals surface area contributed by atoms with Crippen LogP contribution >= 0.6 is 11.3 Å². The summed E-state index contributed by atoms with van der Waals surface area (Å²) < 4.78 is 0. The van der Waals surface area contributed by atoms with E-state index in [9.17, 15) is 9.59 Å². The number of nitrogens with one attached hydrogen (secondary N) is 1. The maximum atomic E-state index is 12.1. The van der Waals surface area contributed by atoms with Crippen LogP contribution in [-0.2, 0) is 12.8 Å². The minimum absolute atomic E-state index is 0.0866. The van der Waals surface area contributed by atoms with Crippen LogP contribution in [-0.4, -0.2) is 22.0 Å². The standard InChI is InChI=1S/C14H12N2O3S/c17-13(11-7-8-3-1-5-10(8)20-11)16-12-6-2-4-9(15-12)14(18)19/h2,4,6-7H,1,3,5H2,(H,18,19)(H,15,16,17). The van der Waals surface area contributed by atoms with Gasteiger partial charge in [-0.3, -0.25) is 4.79 Å². The second kappa shape index (κ2) is 5.05. The predicted octanol–water partition coefficient (Wildman–Crippen LogP) is 2.58. The lowest BCUT2D eigenvalue weighted by Crippen LogP contribution is -2.13. The Morgan fingerprint density at radius 2 is 2.15 bits per heavy atom. The van der Waals surface area contributed by atoms with Crippen molar-refractivity contribution in [1.82, 2.24) is 4.98 Å². The van der Waals surface area contributed by atoms with Crippen LogP contribution in [0, 0.1) is 0 Å². The summed E-state index contributed by atoms with van der Waals surface area (Å²) in [5.41, 5.74) is 1.17. The first-order valence-corrected chi connectivity index (χ1v) is 7.08. The van der Waals surface area contributed by atoms with Gasteiger partial charge in [0.05, 0.1) is 4.88 Å². The number of aromatic nitrogens is 1. The summed E-state index contributed by atoms with van der Waals surface area (Å²) in [6.07, 6.45) is 3.23. The van der Waals surface area contributed by atoms with Gasteiger partial charge >= 0.3 is 5.97 Å². The lowest BCUT2D eigenvalue weighted by molar-refractivity contribution is 0.0690. The third-order valence-corrected chi connectivity index (χ3v) is 4.42. The summed E-state index contributed by atoms with van der Waals surface area (Å²) >= 11 is 1.50. The van der Waals surface area contributed by atoms with Crippen molar-refractivity contribution in [2.45, 2.75) is 19.3 Å². The molecule has 2 aromatic rings. The molecule has 5 nitrogen and oxygen atoms in total. The highest BCUT2D eigenvalue weighted by Gasteiger charge is 2.18. The molecule has 2 heterocycles. The van der Waals surface area contributed by atoms with Gasteiger partial charge in [0.1, 0.15) is 5.82 Å². The van der Waals surface area contributed by atoms with Gasteiger partial charge in [0.15, 0.2) is 5.69 Å². The molecule has 0 saturated carbocycles. The SMILES string of the molecule is O=C(O)c1cccc(NC(=O)c2cc3c(s2)CCC3)n1. The fraction of sp³-hybridized carbons (Fsp3) is 0.214. The summed E-state index contributed by atoms with van der Waals surface area (Å²) in [5, 5.41) is 11.5. The van der Waals surface area contributed by atoms with Gasteiger partial charge in [0.25, 0.3) is 5.91 Å². The number of amides is 1. The Morgan fingerprint density at radius 1 is 1.30 bits per heavy atom. The third kappa shape index (κ3) is 2.42. The first-order chi connectivity index (χ1) is 9.63. The van der Waals surface area contributed by atoms with Crippen LogP contribution in [0.2, 0.25) is 0 Å². The van der Waals surface area contributed by atoms with Crippen molar-refractivity contribution in [3.63, 3.8) is 0 Å². The molecule has 0 aliphatic heterocycles. The molecule has 0 unspecified atom stereocenters. The van der Waals surface area contributed by atoms with Crippen LogP contribution in [0.5, 0.6) is 0 Å². The van der Waals surface area contributed by atoms with E-state index in [2.05, 4.69) is 10.3 Å². The number of hydrogen-bond acceptors (Lipinski definition) is 4. The molecule has 6 heteroatoms. The zero-order chi connectivity index (χ0) is 14.1. The number of aromatic carboxylic acids is 1. The number of hydrogen-bond donors (Lipinski definition) is 2. The fourth-order valence-corrected chi connectivity index (χ4v) is 3.39. The van der Waals surface area contributed by atoms with Crippen LogP contribution in [0.3, 0.4) is 0 Å². The van der Waals surface area contributed by atoms with Gasteiger partial charge in [-0.15, -0.1) is 11.3 Å². The highest BCUT2D eigenvalue weighted by molar-refractivity contribution is 7.14. The van der Waals surface area contributed by atoms with E-state index in [1.807, 2.05) is 6.07 Å². The number of carboxylic acid groups (broad SMARTS) is 1. The largest absolute Gasteiger partial charge is 0.477 e. The average molecular weight is 288 g/mol. The summed E-state index contributed by atoms with van der Waals surface area (Å²) in [5.74, 6) is -1.10. The minimum Gasteiger partial charge on any atom is -0.477 e. The lowest BCUT2D eigenvalue weighted by atomic mass is 10.2. The molecular weight excluding hydrogens is 276 g/mol. The number of rotatable bonds is 3. The van der Waals surface area contributed by atoms with E-state index in [0.717, 1.165) is 19.3 Å². The van der Waals surface area contributed by atoms with E-state index in [-0.39, 0.29) is 17.4 Å². The number of carboxylic acids is 1. The van der Waals surface area contributed by atoms with E-state index in [4.69, 9.17) is 5.11 Å². The topological polar surface area (TPSA) is 79.3 Å². The van der Waals surface area contributed by atoms with Crippen molar-refractivity contribution >= 4 is 29.0 Å². The molecular formula is C14H12N2O3S. The first kappa shape index (κ1) is 12.8. The van der Waals surface area contributed by atoms with Gasteiger partial charge in [0.2, 0.25) is 0 Å². The van der Waals surface area contributed by atoms with E-state index >= 15 is 0 Å².